The molecule has 1 aliphatic heterocycles. The number of benzene rings is 2. The van der Waals surface area contributed by atoms with Crippen LogP contribution in [-0.2, 0) is 9.59 Å². The number of halogens is 1. The van der Waals surface area contributed by atoms with Crippen LogP contribution in [0, 0.1) is 5.82 Å². The van der Waals surface area contributed by atoms with Gasteiger partial charge in [-0.2, -0.15) is 0 Å². The van der Waals surface area contributed by atoms with Crippen LogP contribution in [0.4, 0.5) is 4.39 Å². The number of piperazine rings is 1. The fourth-order valence-corrected chi connectivity index (χ4v) is 3.16. The SMILES string of the molecule is CNC(=O)CC1C(=O)NCCN1C(=O)c1cccc(-c2ccc(O)cc2F)c1. The summed E-state index contributed by atoms with van der Waals surface area (Å²) < 4.78 is 14.2. The highest BCUT2D eigenvalue weighted by atomic mass is 19.1. The molecule has 2 aromatic rings. The van der Waals surface area contributed by atoms with Crippen molar-refractivity contribution in [3.05, 3.63) is 53.8 Å². The largest absolute Gasteiger partial charge is 0.508 e. The third-order valence-electron chi connectivity index (χ3n) is 4.62. The van der Waals surface area contributed by atoms with Crippen LogP contribution in [0.25, 0.3) is 11.1 Å². The van der Waals surface area contributed by atoms with Crippen molar-refractivity contribution in [2.75, 3.05) is 20.1 Å². The highest BCUT2D eigenvalue weighted by molar-refractivity contribution is 6.00. The van der Waals surface area contributed by atoms with Crippen LogP contribution in [0.1, 0.15) is 16.8 Å². The summed E-state index contributed by atoms with van der Waals surface area (Å²) in [5, 5.41) is 14.5. The molecule has 7 nitrogen and oxygen atoms in total. The lowest BCUT2D eigenvalue weighted by Gasteiger charge is -2.34. The van der Waals surface area contributed by atoms with E-state index in [1.165, 1.54) is 30.1 Å². The lowest BCUT2D eigenvalue weighted by molar-refractivity contribution is -0.132. The molecule has 0 aromatic heterocycles. The Kier molecular flexibility index (Phi) is 5.58. The molecule has 0 aliphatic carbocycles. The summed E-state index contributed by atoms with van der Waals surface area (Å²) in [6, 6.07) is 9.25. The maximum Gasteiger partial charge on any atom is 0.254 e. The Labute approximate surface area is 161 Å². The number of nitrogens with zero attached hydrogens (tertiary/aromatic N) is 1. The van der Waals surface area contributed by atoms with Crippen LogP contribution in [0.5, 0.6) is 5.75 Å². The van der Waals surface area contributed by atoms with Gasteiger partial charge in [-0.25, -0.2) is 4.39 Å². The molecule has 2 aromatic carbocycles. The fraction of sp³-hybridized carbons (Fsp3) is 0.250. The van der Waals surface area contributed by atoms with Crippen LogP contribution >= 0.6 is 0 Å². The molecule has 3 amide bonds. The number of nitrogens with one attached hydrogen (secondary N) is 2. The van der Waals surface area contributed by atoms with E-state index >= 15 is 0 Å². The van der Waals surface area contributed by atoms with E-state index in [9.17, 15) is 23.9 Å². The van der Waals surface area contributed by atoms with E-state index in [2.05, 4.69) is 10.6 Å². The number of hydrogen-bond donors (Lipinski definition) is 3. The lowest BCUT2D eigenvalue weighted by atomic mass is 10.0. The maximum absolute atomic E-state index is 14.2. The van der Waals surface area contributed by atoms with Crippen molar-refractivity contribution in [1.82, 2.24) is 15.5 Å². The van der Waals surface area contributed by atoms with Crippen molar-refractivity contribution in [2.45, 2.75) is 12.5 Å². The number of carbonyl (C=O) groups is 3. The average Bonchev–Trinajstić information content (AvgIpc) is 2.69. The minimum Gasteiger partial charge on any atom is -0.508 e. The Morgan fingerprint density at radius 1 is 1.29 bits per heavy atom. The maximum atomic E-state index is 14.2. The van der Waals surface area contributed by atoms with Crippen LogP contribution < -0.4 is 10.6 Å². The predicted octanol–water partition coefficient (Wildman–Crippen LogP) is 1.28. The Bertz CT molecular complexity index is 931. The van der Waals surface area contributed by atoms with Gasteiger partial charge in [0.15, 0.2) is 0 Å². The molecule has 1 atom stereocenters. The number of aromatic hydroxyl groups is 1. The summed E-state index contributed by atoms with van der Waals surface area (Å²) in [6.45, 7) is 0.561. The molecule has 1 fully saturated rings. The van der Waals surface area contributed by atoms with E-state index in [0.717, 1.165) is 6.07 Å². The second-order valence-electron chi connectivity index (χ2n) is 6.43. The molecule has 0 bridgehead atoms. The van der Waals surface area contributed by atoms with Crippen LogP contribution in [0.15, 0.2) is 42.5 Å². The van der Waals surface area contributed by atoms with Crippen molar-refractivity contribution in [1.29, 1.82) is 0 Å². The lowest BCUT2D eigenvalue weighted by Crippen LogP contribution is -2.58. The van der Waals surface area contributed by atoms with Gasteiger partial charge in [-0.3, -0.25) is 14.4 Å². The Balaban J connectivity index is 1.91. The topological polar surface area (TPSA) is 98.7 Å². The summed E-state index contributed by atoms with van der Waals surface area (Å²) in [5.41, 5.74) is 0.986. The second-order valence-corrected chi connectivity index (χ2v) is 6.43. The van der Waals surface area contributed by atoms with Gasteiger partial charge in [0.2, 0.25) is 11.8 Å². The summed E-state index contributed by atoms with van der Waals surface area (Å²) in [7, 11) is 1.46. The van der Waals surface area contributed by atoms with Crippen molar-refractivity contribution in [3.8, 4) is 16.9 Å². The molecule has 1 aliphatic rings. The van der Waals surface area contributed by atoms with Gasteiger partial charge in [0, 0.05) is 37.3 Å². The van der Waals surface area contributed by atoms with Crippen molar-refractivity contribution < 1.29 is 23.9 Å². The van der Waals surface area contributed by atoms with E-state index < -0.39 is 17.8 Å². The molecule has 3 rings (SSSR count). The molecule has 8 heteroatoms. The first-order valence-corrected chi connectivity index (χ1v) is 8.79. The first-order chi connectivity index (χ1) is 13.4. The van der Waals surface area contributed by atoms with Crippen molar-refractivity contribution in [3.63, 3.8) is 0 Å². The van der Waals surface area contributed by atoms with Crippen molar-refractivity contribution in [2.24, 2.45) is 0 Å². The summed E-state index contributed by atoms with van der Waals surface area (Å²) in [5.74, 6) is -1.95. The van der Waals surface area contributed by atoms with E-state index in [1.807, 2.05) is 0 Å². The number of phenolic OH excluding ortho intramolecular Hbond substituents is 1. The molecule has 1 heterocycles. The fourth-order valence-electron chi connectivity index (χ4n) is 3.16. The van der Waals surface area contributed by atoms with Crippen LogP contribution in [0.3, 0.4) is 0 Å². The number of amides is 3. The normalized spacial score (nSPS) is 16.4. The van der Waals surface area contributed by atoms with Gasteiger partial charge >= 0.3 is 0 Å². The van der Waals surface area contributed by atoms with Gasteiger partial charge in [0.05, 0.1) is 6.42 Å². The zero-order valence-electron chi connectivity index (χ0n) is 15.2. The molecular formula is C20H20FN3O4. The minimum absolute atomic E-state index is 0.139. The highest BCUT2D eigenvalue weighted by Gasteiger charge is 2.35. The summed E-state index contributed by atoms with van der Waals surface area (Å²) in [6.07, 6.45) is -0.139. The standard InChI is InChI=1S/C20H20FN3O4/c1-22-18(26)11-17-19(27)23-7-8-24(17)20(28)13-4-2-3-12(9-13)15-6-5-14(25)10-16(15)21/h2-6,9-10,17,25H,7-8,11H2,1H3,(H,22,26)(H,23,27). The predicted molar refractivity (Wildman–Crippen MR) is 100 cm³/mol. The number of rotatable bonds is 4. The van der Waals surface area contributed by atoms with Gasteiger partial charge in [-0.15, -0.1) is 0 Å². The van der Waals surface area contributed by atoms with Gasteiger partial charge in [0.1, 0.15) is 17.6 Å². The zero-order valence-corrected chi connectivity index (χ0v) is 15.2. The van der Waals surface area contributed by atoms with Crippen molar-refractivity contribution >= 4 is 17.7 Å². The molecule has 0 radical (unpaired) electrons. The van der Waals surface area contributed by atoms with Crippen LogP contribution in [-0.4, -0.2) is 53.9 Å². The van der Waals surface area contributed by atoms with E-state index in [0.29, 0.717) is 12.1 Å². The first-order valence-electron chi connectivity index (χ1n) is 8.79. The zero-order chi connectivity index (χ0) is 20.3. The van der Waals surface area contributed by atoms with Gasteiger partial charge in [-0.05, 0) is 29.8 Å². The van der Waals surface area contributed by atoms with E-state index in [4.69, 9.17) is 0 Å². The average molecular weight is 385 g/mol. The summed E-state index contributed by atoms with van der Waals surface area (Å²) >= 11 is 0. The molecule has 0 spiro atoms. The Morgan fingerprint density at radius 2 is 2.07 bits per heavy atom. The Hall–Kier alpha value is -3.42. The molecule has 146 valence electrons. The quantitative estimate of drug-likeness (QED) is 0.738. The summed E-state index contributed by atoms with van der Waals surface area (Å²) in [4.78, 5) is 38.3. The Morgan fingerprint density at radius 3 is 2.79 bits per heavy atom. The number of phenols is 1. The van der Waals surface area contributed by atoms with Gasteiger partial charge < -0.3 is 20.6 Å². The number of hydrogen-bond acceptors (Lipinski definition) is 4. The molecule has 3 N–H and O–H groups in total. The monoisotopic (exact) mass is 385 g/mol. The molecule has 28 heavy (non-hydrogen) atoms. The van der Waals surface area contributed by atoms with Gasteiger partial charge in [0.25, 0.3) is 5.91 Å². The third kappa shape index (κ3) is 3.95. The molecular weight excluding hydrogens is 365 g/mol. The van der Waals surface area contributed by atoms with E-state index in [1.54, 1.807) is 18.2 Å². The van der Waals surface area contributed by atoms with Crippen LogP contribution in [0.2, 0.25) is 0 Å². The number of carbonyl (C=O) groups excluding carboxylic acids is 3. The van der Waals surface area contributed by atoms with E-state index in [-0.39, 0.29) is 41.7 Å². The third-order valence-corrected chi connectivity index (χ3v) is 4.62. The van der Waals surface area contributed by atoms with Gasteiger partial charge in [-0.1, -0.05) is 12.1 Å². The molecule has 1 unspecified atom stereocenters. The smallest absolute Gasteiger partial charge is 0.254 e. The highest BCUT2D eigenvalue weighted by Crippen LogP contribution is 2.27. The molecule has 0 saturated carbocycles. The molecule has 1 saturated heterocycles. The minimum atomic E-state index is -0.907. The second kappa shape index (κ2) is 8.08. The first kappa shape index (κ1) is 19.3.